The standard InChI is InChI=1S/C13H9.2C6H5.C5H5.2ClH.Si.Zr/c1-3-7-12-10(5-1)9-11-6-2-4-8-13(11)12;2*1-2-4-6-5-3-1;1-2-4-5-3-1;;;;/h1-9H;2*1-5H;1-3H,4H2;2*1H;;/q4*-1;;;;+4. The molecule has 0 N–H and O–H groups in total. The monoisotopic (exact) mass is 574 g/mol. The van der Waals surface area contributed by atoms with Gasteiger partial charge in [0.15, 0.2) is 0 Å². The van der Waals surface area contributed by atoms with Crippen LogP contribution in [-0.4, -0.2) is 11.0 Å². The zero-order valence-electron chi connectivity index (χ0n) is 18.7. The van der Waals surface area contributed by atoms with E-state index in [1.165, 1.54) is 21.5 Å². The zero-order valence-corrected chi connectivity index (χ0v) is 23.8. The van der Waals surface area contributed by atoms with Crippen molar-refractivity contribution < 1.29 is 26.2 Å². The molecule has 0 saturated carbocycles. The molecule has 0 unspecified atom stereocenters. The van der Waals surface area contributed by atoms with Gasteiger partial charge >= 0.3 is 26.2 Å². The van der Waals surface area contributed by atoms with E-state index >= 15 is 0 Å². The van der Waals surface area contributed by atoms with Crippen molar-refractivity contribution in [2.45, 2.75) is 6.42 Å². The van der Waals surface area contributed by atoms with Gasteiger partial charge in [-0.25, -0.2) is 12.2 Å². The summed E-state index contributed by atoms with van der Waals surface area (Å²) in [6.45, 7) is 0. The van der Waals surface area contributed by atoms with Crippen LogP contribution < -0.4 is 0 Å². The minimum Gasteiger partial charge on any atom is -0.273 e. The van der Waals surface area contributed by atoms with Crippen LogP contribution >= 0.6 is 24.8 Å². The van der Waals surface area contributed by atoms with Crippen molar-refractivity contribution in [3.8, 4) is 0 Å². The summed E-state index contributed by atoms with van der Waals surface area (Å²) in [7, 11) is 0. The van der Waals surface area contributed by atoms with Crippen molar-refractivity contribution in [2.75, 3.05) is 0 Å². The maximum absolute atomic E-state index is 2.99. The summed E-state index contributed by atoms with van der Waals surface area (Å²) in [6, 6.07) is 44.3. The molecule has 34 heavy (non-hydrogen) atoms. The van der Waals surface area contributed by atoms with E-state index in [-0.39, 0.29) is 62.0 Å². The largest absolute Gasteiger partial charge is 4.00 e. The van der Waals surface area contributed by atoms with Gasteiger partial charge in [-0.15, -0.1) is 71.0 Å². The summed E-state index contributed by atoms with van der Waals surface area (Å²) in [5.41, 5.74) is 0. The molecule has 6 rings (SSSR count). The molecule has 0 atom stereocenters. The molecule has 0 bridgehead atoms. The van der Waals surface area contributed by atoms with E-state index in [2.05, 4.69) is 78.9 Å². The summed E-state index contributed by atoms with van der Waals surface area (Å²) in [5, 5.41) is 5.39. The summed E-state index contributed by atoms with van der Waals surface area (Å²) >= 11 is 0. The fourth-order valence-electron chi connectivity index (χ4n) is 2.93. The first-order chi connectivity index (χ1) is 14.9. The second-order valence-corrected chi connectivity index (χ2v) is 6.48. The summed E-state index contributed by atoms with van der Waals surface area (Å²) in [5.74, 6) is 0. The predicted octanol–water partition coefficient (Wildman–Crippen LogP) is 8.45. The molecule has 0 spiro atoms. The van der Waals surface area contributed by atoms with Crippen LogP contribution in [0.3, 0.4) is 0 Å². The number of hydrogen-bond donors (Lipinski definition) is 0. The van der Waals surface area contributed by atoms with E-state index in [1.54, 1.807) is 0 Å². The Morgan fingerprint density at radius 2 is 1.03 bits per heavy atom. The van der Waals surface area contributed by atoms with Gasteiger partial charge in [-0.1, -0.05) is 36.4 Å². The van der Waals surface area contributed by atoms with Crippen molar-refractivity contribution in [3.63, 3.8) is 0 Å². The Morgan fingerprint density at radius 3 is 1.29 bits per heavy atom. The molecule has 0 amide bonds. The summed E-state index contributed by atoms with van der Waals surface area (Å²) in [6.07, 6.45) is 10.0. The van der Waals surface area contributed by atoms with Crippen LogP contribution in [0.5, 0.6) is 0 Å². The van der Waals surface area contributed by atoms with Crippen LogP contribution in [0.2, 0.25) is 0 Å². The molecular formula is C30H26Cl2SiZr. The van der Waals surface area contributed by atoms with Crippen LogP contribution in [-0.2, 0) is 26.2 Å². The first-order valence-corrected chi connectivity index (χ1v) is 10.0. The minimum atomic E-state index is 0. The van der Waals surface area contributed by atoms with Crippen molar-refractivity contribution in [1.29, 1.82) is 0 Å². The molecule has 1 aliphatic rings. The molecule has 0 heterocycles. The maximum Gasteiger partial charge on any atom is 4.00 e. The number of benzene rings is 4. The van der Waals surface area contributed by atoms with Crippen LogP contribution in [0.4, 0.5) is 0 Å². The van der Waals surface area contributed by atoms with Crippen molar-refractivity contribution >= 4 is 57.3 Å². The summed E-state index contributed by atoms with van der Waals surface area (Å²) < 4.78 is 0. The smallest absolute Gasteiger partial charge is 0.273 e. The Balaban J connectivity index is 0. The van der Waals surface area contributed by atoms with Gasteiger partial charge in [-0.05, 0) is 0 Å². The summed E-state index contributed by atoms with van der Waals surface area (Å²) in [4.78, 5) is 0. The van der Waals surface area contributed by atoms with Gasteiger partial charge in [0.2, 0.25) is 0 Å². The first kappa shape index (κ1) is 34.1. The molecule has 5 aromatic carbocycles. The molecule has 1 aliphatic carbocycles. The van der Waals surface area contributed by atoms with Gasteiger partial charge in [-0.3, -0.25) is 6.08 Å². The minimum absolute atomic E-state index is 0. The third kappa shape index (κ3) is 12.4. The second-order valence-electron chi connectivity index (χ2n) is 6.48. The fourth-order valence-corrected chi connectivity index (χ4v) is 2.93. The molecule has 5 aromatic rings. The number of allylic oxidation sites excluding steroid dienone is 4. The van der Waals surface area contributed by atoms with Gasteiger partial charge in [-0.2, -0.15) is 78.9 Å². The van der Waals surface area contributed by atoms with E-state index in [0.717, 1.165) is 6.42 Å². The third-order valence-corrected chi connectivity index (χ3v) is 4.32. The molecule has 0 saturated heterocycles. The van der Waals surface area contributed by atoms with Crippen LogP contribution in [0.25, 0.3) is 21.5 Å². The molecule has 0 aromatic heterocycles. The number of fused-ring (bicyclic) bond motifs is 3. The topological polar surface area (TPSA) is 0 Å². The van der Waals surface area contributed by atoms with Crippen molar-refractivity contribution in [3.05, 3.63) is 152 Å². The molecule has 0 nitrogen and oxygen atoms in total. The van der Waals surface area contributed by atoms with Crippen LogP contribution in [0, 0.1) is 18.2 Å². The normalized spacial score (nSPS) is 9.65. The van der Waals surface area contributed by atoms with E-state index in [1.807, 2.05) is 72.8 Å². The second kappa shape index (κ2) is 21.4. The van der Waals surface area contributed by atoms with E-state index in [9.17, 15) is 0 Å². The van der Waals surface area contributed by atoms with Crippen molar-refractivity contribution in [1.82, 2.24) is 0 Å². The van der Waals surface area contributed by atoms with Crippen LogP contribution in [0.15, 0.2) is 133 Å². The van der Waals surface area contributed by atoms with Gasteiger partial charge < -0.3 is 0 Å². The fraction of sp³-hybridized carbons (Fsp3) is 0.0333. The molecule has 4 heteroatoms. The van der Waals surface area contributed by atoms with Gasteiger partial charge in [0, 0.05) is 11.0 Å². The molecule has 0 aliphatic heterocycles. The first-order valence-electron chi connectivity index (χ1n) is 10.0. The third-order valence-electron chi connectivity index (χ3n) is 4.32. The van der Waals surface area contributed by atoms with Gasteiger partial charge in [0.05, 0.1) is 0 Å². The van der Waals surface area contributed by atoms with E-state index in [4.69, 9.17) is 0 Å². The molecular weight excluding hydrogens is 551 g/mol. The zero-order chi connectivity index (χ0) is 20.7. The Morgan fingerprint density at radius 1 is 0.588 bits per heavy atom. The van der Waals surface area contributed by atoms with Crippen LogP contribution in [0.1, 0.15) is 6.42 Å². The van der Waals surface area contributed by atoms with E-state index < -0.39 is 0 Å². The average molecular weight is 577 g/mol. The maximum atomic E-state index is 2.99. The SMILES string of the molecule is Cl.Cl.[C-]1=CC=CC1.[Si].[Zr+4].[c-]1ccccc1.[c-]1ccccc1.c1ccc2c(c1)[cH-]c1ccccc12. The Labute approximate surface area is 240 Å². The average Bonchev–Trinajstić information content (AvgIpc) is 3.54. The quantitative estimate of drug-likeness (QED) is 0.128. The van der Waals surface area contributed by atoms with E-state index in [0.29, 0.717) is 0 Å². The Kier molecular flexibility index (Phi) is 21.5. The number of hydrogen-bond acceptors (Lipinski definition) is 0. The molecule has 4 radical (unpaired) electrons. The van der Waals surface area contributed by atoms with Gasteiger partial charge in [0.25, 0.3) is 0 Å². The predicted molar refractivity (Wildman–Crippen MR) is 149 cm³/mol. The number of halogens is 2. The number of rotatable bonds is 0. The Hall–Kier alpha value is -2.09. The molecule has 168 valence electrons. The van der Waals surface area contributed by atoms with Crippen molar-refractivity contribution in [2.24, 2.45) is 0 Å². The molecule has 0 fully saturated rings. The Bertz CT molecular complexity index is 1020. The van der Waals surface area contributed by atoms with Gasteiger partial charge in [0.1, 0.15) is 0 Å².